The molecule has 4 aromatic heterocycles. The Hall–Kier alpha value is -6.87. The van der Waals surface area contributed by atoms with Crippen LogP contribution in [0, 0.1) is 24.7 Å². The first-order chi connectivity index (χ1) is 40.7. The molecule has 5 N–H and O–H groups in total. The lowest BCUT2D eigenvalue weighted by molar-refractivity contribution is -0.141. The van der Waals surface area contributed by atoms with E-state index in [1.165, 1.54) is 32.4 Å². The molecule has 2 aromatic carbocycles. The number of aromatic hydroxyl groups is 1. The van der Waals surface area contributed by atoms with Crippen molar-refractivity contribution in [1.29, 1.82) is 0 Å². The maximum atomic E-state index is 14.5. The second-order valence-corrected chi connectivity index (χ2v) is 26.5. The molecule has 1 unspecified atom stereocenters. The summed E-state index contributed by atoms with van der Waals surface area (Å²) < 4.78 is 12.6. The van der Waals surface area contributed by atoms with Crippen molar-refractivity contribution in [2.24, 2.45) is 17.8 Å². The van der Waals surface area contributed by atoms with Crippen LogP contribution in [0.1, 0.15) is 114 Å². The van der Waals surface area contributed by atoms with Gasteiger partial charge in [-0.25, -0.2) is 9.97 Å². The van der Waals surface area contributed by atoms with Crippen LogP contribution in [0.4, 0.5) is 23.0 Å². The van der Waals surface area contributed by atoms with Gasteiger partial charge in [0.05, 0.1) is 39.6 Å². The highest BCUT2D eigenvalue weighted by Gasteiger charge is 2.49. The Labute approximate surface area is 496 Å². The molecule has 0 radical (unpaired) electrons. The molecule has 7 aliphatic rings. The number of aryl methyl sites for hydroxylation is 1. The SMILES string of the molecule is Cc1ncsc1-c1ccc([C@H](C)NC(=O)[C@@H]2C[C@@H](O)CN2C(=O)[C@@H](c2cc(N3CCC4(CC3)CCN4CC3CCN(CC4CC(Oc5cc(N6C7CC[C@@H]6CN(c6cc(-c8ccccc8O)nnc6N)C7)ccn5)C4)CC3)no2)C(C)C)cc1. The van der Waals surface area contributed by atoms with Crippen LogP contribution in [0.2, 0.25) is 0 Å². The highest BCUT2D eigenvalue weighted by Crippen LogP contribution is 2.44. The lowest BCUT2D eigenvalue weighted by atomic mass is 9.75. The van der Waals surface area contributed by atoms with Gasteiger partial charge in [-0.15, -0.1) is 21.5 Å². The number of rotatable bonds is 17. The Morgan fingerprint density at radius 2 is 1.60 bits per heavy atom. The number of aliphatic hydroxyl groups excluding tert-OH is 1. The average molecular weight is 1160 g/mol. The zero-order valence-corrected chi connectivity index (χ0v) is 49.7. The van der Waals surface area contributed by atoms with E-state index in [2.05, 4.69) is 79.4 Å². The third kappa shape index (κ3) is 11.3. The number of β-amino-alcohol motifs (C(OH)–C–C–N with tert-alkyl or cyclic N) is 1. The number of anilines is 4. The molecule has 2 bridgehead atoms. The predicted octanol–water partition coefficient (Wildman–Crippen LogP) is 8.30. The number of pyridine rings is 1. The number of benzene rings is 2. The number of amides is 2. The number of aromatic nitrogens is 5. The molecular formula is C64H81N13O6S. The Kier molecular flexibility index (Phi) is 15.8. The number of aliphatic hydroxyl groups is 1. The van der Waals surface area contributed by atoms with Gasteiger partial charge < -0.3 is 55.0 Å². The number of carbonyl (C=O) groups excluding carboxylic acids is 2. The first-order valence-electron chi connectivity index (χ1n) is 30.8. The van der Waals surface area contributed by atoms with Gasteiger partial charge in [0.25, 0.3) is 0 Å². The fourth-order valence-electron chi connectivity index (χ4n) is 15.0. The fraction of sp³-hybridized carbons (Fsp3) is 0.547. The number of hydrogen-bond donors (Lipinski definition) is 4. The summed E-state index contributed by atoms with van der Waals surface area (Å²) >= 11 is 1.61. The number of fused-ring (bicyclic) bond motifs is 2. The van der Waals surface area contributed by atoms with E-state index in [1.807, 2.05) is 75.8 Å². The molecule has 20 heteroatoms. The van der Waals surface area contributed by atoms with E-state index in [0.29, 0.717) is 52.6 Å². The summed E-state index contributed by atoms with van der Waals surface area (Å²) in [6, 6.07) is 23.0. The number of nitrogen functional groups attached to an aromatic ring is 1. The summed E-state index contributed by atoms with van der Waals surface area (Å²) in [5.74, 6) is 2.64. The number of hydrogen-bond acceptors (Lipinski definition) is 18. The Morgan fingerprint density at radius 1 is 0.845 bits per heavy atom. The Balaban J connectivity index is 0.541. The maximum Gasteiger partial charge on any atom is 0.243 e. The van der Waals surface area contributed by atoms with Gasteiger partial charge in [0.2, 0.25) is 17.7 Å². The molecular weight excluding hydrogens is 1080 g/mol. The summed E-state index contributed by atoms with van der Waals surface area (Å²) in [4.78, 5) is 52.8. The van der Waals surface area contributed by atoms with Crippen LogP contribution in [-0.4, -0.2) is 163 Å². The number of phenols is 1. The smallest absolute Gasteiger partial charge is 0.243 e. The molecule has 19 nitrogen and oxygen atoms in total. The molecule has 6 saturated heterocycles. The molecule has 6 aliphatic heterocycles. The number of nitrogens with one attached hydrogen (secondary N) is 1. The number of para-hydroxylation sites is 1. The number of nitrogens with zero attached hydrogens (tertiary/aromatic N) is 11. The van der Waals surface area contributed by atoms with Crippen molar-refractivity contribution in [1.82, 2.24) is 45.3 Å². The first-order valence-corrected chi connectivity index (χ1v) is 31.7. The second kappa shape index (κ2) is 23.5. The van der Waals surface area contributed by atoms with Gasteiger partial charge in [-0.2, -0.15) is 0 Å². The molecule has 444 valence electrons. The van der Waals surface area contributed by atoms with E-state index in [1.54, 1.807) is 28.4 Å². The number of carbonyl (C=O) groups is 2. The second-order valence-electron chi connectivity index (χ2n) is 25.6. The fourth-order valence-corrected chi connectivity index (χ4v) is 15.8. The lowest BCUT2D eigenvalue weighted by Gasteiger charge is -2.58. The average Bonchev–Trinajstić information content (AvgIpc) is 3.53. The van der Waals surface area contributed by atoms with Crippen molar-refractivity contribution < 1.29 is 29.1 Å². The minimum atomic E-state index is -0.798. The number of piperidine rings is 2. The van der Waals surface area contributed by atoms with E-state index in [0.717, 1.165) is 123 Å². The molecule has 10 heterocycles. The van der Waals surface area contributed by atoms with Crippen molar-refractivity contribution >= 4 is 46.2 Å². The van der Waals surface area contributed by atoms with Crippen LogP contribution in [0.25, 0.3) is 21.7 Å². The maximum absolute atomic E-state index is 14.5. The zero-order chi connectivity index (χ0) is 57.8. The largest absolute Gasteiger partial charge is 0.507 e. The summed E-state index contributed by atoms with van der Waals surface area (Å²) in [5, 5.41) is 37.6. The van der Waals surface area contributed by atoms with Crippen LogP contribution in [-0.2, 0) is 9.59 Å². The first kappa shape index (κ1) is 56.3. The van der Waals surface area contributed by atoms with Crippen molar-refractivity contribution in [3.05, 3.63) is 102 Å². The van der Waals surface area contributed by atoms with Crippen LogP contribution < -0.4 is 30.5 Å². The van der Waals surface area contributed by atoms with Gasteiger partial charge in [-0.3, -0.25) is 14.5 Å². The van der Waals surface area contributed by atoms with Crippen LogP contribution in [0.3, 0.4) is 0 Å². The minimum absolute atomic E-state index is 0.0916. The van der Waals surface area contributed by atoms with E-state index >= 15 is 0 Å². The highest BCUT2D eigenvalue weighted by atomic mass is 32.1. The molecule has 1 saturated carbocycles. The van der Waals surface area contributed by atoms with E-state index in [-0.39, 0.29) is 54.1 Å². The molecule has 84 heavy (non-hydrogen) atoms. The minimum Gasteiger partial charge on any atom is -0.507 e. The normalized spacial score (nSPS) is 25.2. The summed E-state index contributed by atoms with van der Waals surface area (Å²) in [6.07, 6.45) is 11.7. The van der Waals surface area contributed by atoms with Gasteiger partial charge in [0.1, 0.15) is 23.8 Å². The molecule has 2 amide bonds. The monoisotopic (exact) mass is 1160 g/mol. The predicted molar refractivity (Wildman–Crippen MR) is 325 cm³/mol. The summed E-state index contributed by atoms with van der Waals surface area (Å²) in [7, 11) is 0. The molecule has 6 aromatic rings. The third-order valence-corrected chi connectivity index (χ3v) is 20.9. The number of ether oxygens (including phenoxy) is 1. The lowest BCUT2D eigenvalue weighted by Crippen LogP contribution is -2.65. The number of nitrogens with two attached hydrogens (primary N) is 1. The highest BCUT2D eigenvalue weighted by molar-refractivity contribution is 7.13. The van der Waals surface area contributed by atoms with Gasteiger partial charge in [0, 0.05) is 106 Å². The number of thiazole rings is 1. The van der Waals surface area contributed by atoms with E-state index in [4.69, 9.17) is 15.0 Å². The van der Waals surface area contributed by atoms with Crippen molar-refractivity contribution in [3.63, 3.8) is 0 Å². The van der Waals surface area contributed by atoms with Crippen molar-refractivity contribution in [2.75, 3.05) is 85.9 Å². The van der Waals surface area contributed by atoms with E-state index < -0.39 is 18.1 Å². The molecule has 7 fully saturated rings. The molecule has 1 spiro atoms. The van der Waals surface area contributed by atoms with Gasteiger partial charge in [-0.05, 0) is 138 Å². The topological polar surface area (TPSA) is 219 Å². The Bertz CT molecular complexity index is 3280. The zero-order valence-electron chi connectivity index (χ0n) is 48.9. The quantitative estimate of drug-likeness (QED) is 0.0675. The van der Waals surface area contributed by atoms with Crippen molar-refractivity contribution in [2.45, 2.75) is 140 Å². The van der Waals surface area contributed by atoms with Gasteiger partial charge >= 0.3 is 0 Å². The van der Waals surface area contributed by atoms with Crippen LogP contribution in [0.15, 0.2) is 89.0 Å². The van der Waals surface area contributed by atoms with Crippen molar-refractivity contribution in [3.8, 4) is 33.3 Å². The molecule has 6 atom stereocenters. The van der Waals surface area contributed by atoms with E-state index in [9.17, 15) is 19.8 Å². The standard InChI is InChI=1S/C64H81N13O6S/c1-39(2)59(63(81)76-37-49(78)30-54(76)62(80)68-40(3)44-9-11-45(12-10-44)60-41(4)67-38-84-60)56-32-57(71-83-56)73-24-18-64(19-25-73)20-26-75(64)34-42-16-22-72(23-17-42)33-43-27-50(28-43)82-58-29-46(15-21-66-58)77-47-13-14-48(77)36-74(35-47)53-31-52(69-70-61(53)65)51-7-5-6-8-55(51)79/h5-12,15,21,29,31-32,38-40,42-43,47-50,54,59,78-79H,13-14,16-20,22-28,30,33-37H2,1-4H3,(H2,65,70)(H,68,80)/t40-,43?,47+,48?,49+,50?,54-,59+/m0/s1. The van der Waals surface area contributed by atoms with Crippen LogP contribution >= 0.6 is 11.3 Å². The Morgan fingerprint density at radius 3 is 2.30 bits per heavy atom. The summed E-state index contributed by atoms with van der Waals surface area (Å²) in [6.45, 7) is 17.2. The van der Waals surface area contributed by atoms with Gasteiger partial charge in [0.15, 0.2) is 17.4 Å². The molecule has 13 rings (SSSR count). The van der Waals surface area contributed by atoms with Gasteiger partial charge in [-0.1, -0.05) is 55.4 Å². The number of phenolic OH excluding ortho intramolecular Hbond substituents is 1. The number of likely N-dealkylation sites (tertiary alicyclic amines) is 3. The number of piperazine rings is 1. The third-order valence-electron chi connectivity index (χ3n) is 19.9. The summed E-state index contributed by atoms with van der Waals surface area (Å²) in [5.41, 5.74) is 14.8. The van der Waals surface area contributed by atoms with Crippen LogP contribution in [0.5, 0.6) is 11.6 Å². The molecule has 1 aliphatic carbocycles.